The zero-order valence-corrected chi connectivity index (χ0v) is 11.4. The molecule has 0 radical (unpaired) electrons. The van der Waals surface area contributed by atoms with Crippen LogP contribution in [0.15, 0.2) is 12.3 Å². The van der Waals surface area contributed by atoms with Crippen LogP contribution in [0.25, 0.3) is 0 Å². The van der Waals surface area contributed by atoms with E-state index >= 15 is 0 Å². The second kappa shape index (κ2) is 5.89. The Bertz CT molecular complexity index is 382. The van der Waals surface area contributed by atoms with E-state index in [-0.39, 0.29) is 0 Å². The first-order valence-electron chi connectivity index (χ1n) is 5.91. The number of aromatic nitrogens is 1. The highest BCUT2D eigenvalue weighted by Crippen LogP contribution is 2.29. The van der Waals surface area contributed by atoms with E-state index in [1.54, 1.807) is 12.3 Å². The molecule has 0 bridgehead atoms. The SMILES string of the molecule is CNCC1CCCN(c2ncc(Cl)cc2Cl)C1. The number of nitrogens with zero attached hydrogens (tertiary/aromatic N) is 2. The maximum absolute atomic E-state index is 6.18. The van der Waals surface area contributed by atoms with Gasteiger partial charge in [-0.1, -0.05) is 23.2 Å². The Morgan fingerprint density at radius 2 is 2.35 bits per heavy atom. The molecule has 5 heteroatoms. The van der Waals surface area contributed by atoms with E-state index in [1.165, 1.54) is 12.8 Å². The third-order valence-electron chi connectivity index (χ3n) is 3.10. The molecule has 0 saturated carbocycles. The van der Waals surface area contributed by atoms with E-state index in [2.05, 4.69) is 15.2 Å². The van der Waals surface area contributed by atoms with Gasteiger partial charge in [0, 0.05) is 19.3 Å². The smallest absolute Gasteiger partial charge is 0.147 e. The molecule has 0 amide bonds. The summed E-state index contributed by atoms with van der Waals surface area (Å²) >= 11 is 12.0. The fourth-order valence-corrected chi connectivity index (χ4v) is 2.85. The standard InChI is InChI=1S/C12H17Cl2N3/c1-15-6-9-3-2-4-17(8-9)12-11(14)5-10(13)7-16-12/h5,7,9,15H,2-4,6,8H2,1H3. The number of anilines is 1. The first kappa shape index (κ1) is 12.9. The molecule has 0 aromatic carbocycles. The zero-order valence-electron chi connectivity index (χ0n) is 9.92. The minimum absolute atomic E-state index is 0.586. The summed E-state index contributed by atoms with van der Waals surface area (Å²) < 4.78 is 0. The summed E-state index contributed by atoms with van der Waals surface area (Å²) in [7, 11) is 1.99. The summed E-state index contributed by atoms with van der Waals surface area (Å²) in [6, 6.07) is 1.76. The van der Waals surface area contributed by atoms with Crippen LogP contribution in [0.2, 0.25) is 10.0 Å². The van der Waals surface area contributed by atoms with Crippen molar-refractivity contribution in [2.24, 2.45) is 5.92 Å². The molecular weight excluding hydrogens is 257 g/mol. The van der Waals surface area contributed by atoms with E-state index in [0.717, 1.165) is 25.5 Å². The summed E-state index contributed by atoms with van der Waals surface area (Å²) in [5, 5.41) is 4.46. The molecular formula is C12H17Cl2N3. The molecule has 2 rings (SSSR count). The Balaban J connectivity index is 2.10. The van der Waals surface area contributed by atoms with Crippen LogP contribution >= 0.6 is 23.2 Å². The van der Waals surface area contributed by atoms with E-state index < -0.39 is 0 Å². The van der Waals surface area contributed by atoms with Crippen molar-refractivity contribution in [3.8, 4) is 0 Å². The predicted molar refractivity (Wildman–Crippen MR) is 73.1 cm³/mol. The van der Waals surface area contributed by atoms with Crippen LogP contribution in [0.1, 0.15) is 12.8 Å². The minimum Gasteiger partial charge on any atom is -0.355 e. The van der Waals surface area contributed by atoms with Crippen molar-refractivity contribution in [1.82, 2.24) is 10.3 Å². The lowest BCUT2D eigenvalue weighted by molar-refractivity contribution is 0.401. The van der Waals surface area contributed by atoms with Crippen LogP contribution < -0.4 is 10.2 Å². The molecule has 1 fully saturated rings. The summed E-state index contributed by atoms with van der Waals surface area (Å²) in [6.45, 7) is 3.07. The molecule has 0 aliphatic carbocycles. The van der Waals surface area contributed by atoms with E-state index in [0.29, 0.717) is 16.0 Å². The lowest BCUT2D eigenvalue weighted by Crippen LogP contribution is -2.39. The monoisotopic (exact) mass is 273 g/mol. The number of piperidine rings is 1. The van der Waals surface area contributed by atoms with Crippen molar-refractivity contribution in [3.05, 3.63) is 22.3 Å². The van der Waals surface area contributed by atoms with Gasteiger partial charge in [-0.05, 0) is 38.4 Å². The van der Waals surface area contributed by atoms with Crippen molar-refractivity contribution in [1.29, 1.82) is 0 Å². The third kappa shape index (κ3) is 3.24. The highest BCUT2D eigenvalue weighted by molar-refractivity contribution is 6.36. The lowest BCUT2D eigenvalue weighted by Gasteiger charge is -2.34. The molecule has 1 aliphatic heterocycles. The molecule has 1 aliphatic rings. The van der Waals surface area contributed by atoms with Gasteiger partial charge in [-0.2, -0.15) is 0 Å². The molecule has 1 unspecified atom stereocenters. The number of rotatable bonds is 3. The Morgan fingerprint density at radius 1 is 1.53 bits per heavy atom. The van der Waals surface area contributed by atoms with Gasteiger partial charge in [-0.15, -0.1) is 0 Å². The molecule has 1 aromatic heterocycles. The van der Waals surface area contributed by atoms with Crippen LogP contribution in [-0.2, 0) is 0 Å². The van der Waals surface area contributed by atoms with Crippen LogP contribution in [0, 0.1) is 5.92 Å². The molecule has 17 heavy (non-hydrogen) atoms. The van der Waals surface area contributed by atoms with Gasteiger partial charge in [0.05, 0.1) is 10.0 Å². The topological polar surface area (TPSA) is 28.2 Å². The van der Waals surface area contributed by atoms with Gasteiger partial charge in [-0.3, -0.25) is 0 Å². The fourth-order valence-electron chi connectivity index (χ4n) is 2.35. The summed E-state index contributed by atoms with van der Waals surface area (Å²) in [4.78, 5) is 6.59. The predicted octanol–water partition coefficient (Wildman–Crippen LogP) is 2.82. The van der Waals surface area contributed by atoms with Gasteiger partial charge in [0.2, 0.25) is 0 Å². The Labute approximate surface area is 112 Å². The number of hydrogen-bond donors (Lipinski definition) is 1. The van der Waals surface area contributed by atoms with Gasteiger partial charge in [-0.25, -0.2) is 4.98 Å². The van der Waals surface area contributed by atoms with Gasteiger partial charge in [0.15, 0.2) is 0 Å². The van der Waals surface area contributed by atoms with Crippen LogP contribution in [0.5, 0.6) is 0 Å². The highest BCUT2D eigenvalue weighted by Gasteiger charge is 2.21. The average molecular weight is 274 g/mol. The van der Waals surface area contributed by atoms with Gasteiger partial charge in [0.1, 0.15) is 5.82 Å². The summed E-state index contributed by atoms with van der Waals surface area (Å²) in [5.41, 5.74) is 0. The zero-order chi connectivity index (χ0) is 12.3. The number of pyridine rings is 1. The average Bonchev–Trinajstić information content (AvgIpc) is 2.29. The quantitative estimate of drug-likeness (QED) is 0.918. The number of hydrogen-bond acceptors (Lipinski definition) is 3. The normalized spacial score (nSPS) is 20.6. The van der Waals surface area contributed by atoms with E-state index in [4.69, 9.17) is 23.2 Å². The first-order valence-corrected chi connectivity index (χ1v) is 6.67. The van der Waals surface area contributed by atoms with Gasteiger partial charge in [0.25, 0.3) is 0 Å². The Kier molecular flexibility index (Phi) is 4.48. The molecule has 1 aromatic rings. The highest BCUT2D eigenvalue weighted by atomic mass is 35.5. The molecule has 1 N–H and O–H groups in total. The van der Waals surface area contributed by atoms with Crippen molar-refractivity contribution in [3.63, 3.8) is 0 Å². The van der Waals surface area contributed by atoms with Crippen molar-refractivity contribution < 1.29 is 0 Å². The van der Waals surface area contributed by atoms with Gasteiger partial charge < -0.3 is 10.2 Å². The minimum atomic E-state index is 0.586. The van der Waals surface area contributed by atoms with Gasteiger partial charge >= 0.3 is 0 Å². The molecule has 3 nitrogen and oxygen atoms in total. The summed E-state index contributed by atoms with van der Waals surface area (Å²) in [6.07, 6.45) is 4.11. The Morgan fingerprint density at radius 3 is 3.06 bits per heavy atom. The molecule has 2 heterocycles. The Hall–Kier alpha value is -0.510. The fraction of sp³-hybridized carbons (Fsp3) is 0.583. The molecule has 1 atom stereocenters. The second-order valence-electron chi connectivity index (χ2n) is 4.47. The first-order chi connectivity index (χ1) is 8.20. The molecule has 94 valence electrons. The second-order valence-corrected chi connectivity index (χ2v) is 5.31. The van der Waals surface area contributed by atoms with Crippen LogP contribution in [-0.4, -0.2) is 31.7 Å². The maximum Gasteiger partial charge on any atom is 0.147 e. The maximum atomic E-state index is 6.18. The molecule has 1 saturated heterocycles. The van der Waals surface area contributed by atoms with E-state index in [9.17, 15) is 0 Å². The number of nitrogens with one attached hydrogen (secondary N) is 1. The van der Waals surface area contributed by atoms with Crippen LogP contribution in [0.4, 0.5) is 5.82 Å². The van der Waals surface area contributed by atoms with E-state index in [1.807, 2.05) is 7.05 Å². The number of halogens is 2. The largest absolute Gasteiger partial charge is 0.355 e. The van der Waals surface area contributed by atoms with Crippen molar-refractivity contribution in [2.45, 2.75) is 12.8 Å². The summed E-state index contributed by atoms with van der Waals surface area (Å²) in [5.74, 6) is 1.53. The van der Waals surface area contributed by atoms with Crippen molar-refractivity contribution in [2.75, 3.05) is 31.6 Å². The van der Waals surface area contributed by atoms with Crippen molar-refractivity contribution >= 4 is 29.0 Å². The third-order valence-corrected chi connectivity index (χ3v) is 3.58. The lowest BCUT2D eigenvalue weighted by atomic mass is 9.98. The molecule has 0 spiro atoms. The van der Waals surface area contributed by atoms with Crippen LogP contribution in [0.3, 0.4) is 0 Å².